The normalized spacial score (nSPS) is 10.4. The summed E-state index contributed by atoms with van der Waals surface area (Å²) in [7, 11) is 0. The smallest absolute Gasteiger partial charge is 0.318 e. The van der Waals surface area contributed by atoms with Crippen LogP contribution in [0, 0.1) is 5.82 Å². The second-order valence-corrected chi connectivity index (χ2v) is 4.52. The van der Waals surface area contributed by atoms with Crippen molar-refractivity contribution in [1.29, 1.82) is 0 Å². The number of benzene rings is 1. The standard InChI is InChI=1S/C15H18FN3O2/c1-2-3-7-20-12-6-4-5-11(8-12)10-21-15-18-9-13(16)14(17)19-15/h4-6,8-9H,2-3,7,10H2,1H3,(H2,17,18,19). The first-order chi connectivity index (χ1) is 10.2. The largest absolute Gasteiger partial charge is 0.494 e. The van der Waals surface area contributed by atoms with Gasteiger partial charge in [-0.2, -0.15) is 4.98 Å². The molecule has 112 valence electrons. The Hall–Kier alpha value is -2.37. The van der Waals surface area contributed by atoms with Gasteiger partial charge < -0.3 is 15.2 Å². The van der Waals surface area contributed by atoms with Crippen LogP contribution in [0.5, 0.6) is 11.8 Å². The molecular formula is C15H18FN3O2. The molecule has 0 bridgehead atoms. The number of halogens is 1. The van der Waals surface area contributed by atoms with Crippen LogP contribution < -0.4 is 15.2 Å². The summed E-state index contributed by atoms with van der Waals surface area (Å²) in [6.45, 7) is 3.07. The maximum absolute atomic E-state index is 12.9. The molecule has 0 atom stereocenters. The highest BCUT2D eigenvalue weighted by Gasteiger charge is 2.05. The maximum atomic E-state index is 12.9. The number of rotatable bonds is 7. The van der Waals surface area contributed by atoms with Gasteiger partial charge in [-0.25, -0.2) is 9.37 Å². The lowest BCUT2D eigenvalue weighted by atomic mass is 10.2. The van der Waals surface area contributed by atoms with E-state index < -0.39 is 5.82 Å². The SMILES string of the molecule is CCCCOc1cccc(COc2ncc(F)c(N)n2)c1. The van der Waals surface area contributed by atoms with Crippen molar-refractivity contribution >= 4 is 5.82 Å². The summed E-state index contributed by atoms with van der Waals surface area (Å²) in [5, 5.41) is 0. The average molecular weight is 291 g/mol. The Morgan fingerprint density at radius 1 is 1.29 bits per heavy atom. The molecule has 0 aliphatic rings. The molecule has 0 amide bonds. The minimum absolute atomic E-state index is 0.0474. The summed E-state index contributed by atoms with van der Waals surface area (Å²) in [6.07, 6.45) is 3.09. The van der Waals surface area contributed by atoms with E-state index in [2.05, 4.69) is 16.9 Å². The number of ether oxygens (including phenoxy) is 2. The van der Waals surface area contributed by atoms with Gasteiger partial charge in [-0.15, -0.1) is 0 Å². The minimum Gasteiger partial charge on any atom is -0.494 e. The summed E-state index contributed by atoms with van der Waals surface area (Å²) in [6, 6.07) is 7.62. The summed E-state index contributed by atoms with van der Waals surface area (Å²) in [5.74, 6) is -0.0885. The zero-order valence-electron chi connectivity index (χ0n) is 11.9. The van der Waals surface area contributed by atoms with Gasteiger partial charge in [0.1, 0.15) is 12.4 Å². The summed E-state index contributed by atoms with van der Waals surface area (Å²) in [4.78, 5) is 7.43. The quantitative estimate of drug-likeness (QED) is 0.794. The summed E-state index contributed by atoms with van der Waals surface area (Å²) >= 11 is 0. The van der Waals surface area contributed by atoms with Crippen molar-refractivity contribution < 1.29 is 13.9 Å². The van der Waals surface area contributed by atoms with Gasteiger partial charge in [0.15, 0.2) is 11.6 Å². The van der Waals surface area contributed by atoms with Crippen molar-refractivity contribution in [2.24, 2.45) is 0 Å². The van der Waals surface area contributed by atoms with E-state index >= 15 is 0 Å². The van der Waals surface area contributed by atoms with Crippen molar-refractivity contribution in [2.45, 2.75) is 26.4 Å². The number of nitrogens with zero attached hydrogens (tertiary/aromatic N) is 2. The zero-order valence-corrected chi connectivity index (χ0v) is 11.9. The first-order valence-electron chi connectivity index (χ1n) is 6.81. The van der Waals surface area contributed by atoms with Gasteiger partial charge in [-0.05, 0) is 24.1 Å². The second kappa shape index (κ2) is 7.42. The molecule has 6 heteroatoms. The van der Waals surface area contributed by atoms with Gasteiger partial charge in [-0.1, -0.05) is 25.5 Å². The molecule has 1 aromatic carbocycles. The van der Waals surface area contributed by atoms with Crippen LogP contribution in [0.15, 0.2) is 30.5 Å². The van der Waals surface area contributed by atoms with Gasteiger partial charge in [0, 0.05) is 0 Å². The second-order valence-electron chi connectivity index (χ2n) is 4.52. The van der Waals surface area contributed by atoms with Crippen LogP contribution >= 0.6 is 0 Å². The molecule has 0 saturated carbocycles. The Bertz CT molecular complexity index is 593. The monoisotopic (exact) mass is 291 g/mol. The third kappa shape index (κ3) is 4.59. The Morgan fingerprint density at radius 2 is 2.14 bits per heavy atom. The van der Waals surface area contributed by atoms with Crippen LogP contribution in [0.25, 0.3) is 0 Å². The molecule has 0 unspecified atom stereocenters. The predicted octanol–water partition coefficient (Wildman–Crippen LogP) is 2.96. The molecule has 5 nitrogen and oxygen atoms in total. The van der Waals surface area contributed by atoms with E-state index in [4.69, 9.17) is 15.2 Å². The molecule has 2 N–H and O–H groups in total. The fourth-order valence-electron chi connectivity index (χ4n) is 1.64. The molecular weight excluding hydrogens is 273 g/mol. The fraction of sp³-hybridized carbons (Fsp3) is 0.333. The van der Waals surface area contributed by atoms with E-state index in [0.29, 0.717) is 6.61 Å². The Balaban J connectivity index is 1.93. The number of anilines is 1. The summed E-state index contributed by atoms with van der Waals surface area (Å²) in [5.41, 5.74) is 6.27. The molecule has 1 heterocycles. The lowest BCUT2D eigenvalue weighted by Crippen LogP contribution is -2.03. The van der Waals surface area contributed by atoms with E-state index in [-0.39, 0.29) is 18.4 Å². The highest BCUT2D eigenvalue weighted by atomic mass is 19.1. The highest BCUT2D eigenvalue weighted by Crippen LogP contribution is 2.16. The van der Waals surface area contributed by atoms with Crippen LogP contribution in [-0.2, 0) is 6.61 Å². The molecule has 21 heavy (non-hydrogen) atoms. The number of nitrogens with two attached hydrogens (primary N) is 1. The van der Waals surface area contributed by atoms with E-state index in [9.17, 15) is 4.39 Å². The molecule has 0 spiro atoms. The Morgan fingerprint density at radius 3 is 2.90 bits per heavy atom. The Labute approximate surface area is 122 Å². The topological polar surface area (TPSA) is 70.3 Å². The van der Waals surface area contributed by atoms with Crippen LogP contribution in [0.1, 0.15) is 25.3 Å². The molecule has 0 saturated heterocycles. The van der Waals surface area contributed by atoms with Gasteiger partial charge in [0.2, 0.25) is 0 Å². The average Bonchev–Trinajstić information content (AvgIpc) is 2.49. The van der Waals surface area contributed by atoms with Crippen LogP contribution in [-0.4, -0.2) is 16.6 Å². The van der Waals surface area contributed by atoms with E-state index in [1.54, 1.807) is 0 Å². The van der Waals surface area contributed by atoms with Crippen molar-refractivity contribution in [1.82, 2.24) is 9.97 Å². The molecule has 2 aromatic rings. The third-order valence-corrected chi connectivity index (χ3v) is 2.78. The lowest BCUT2D eigenvalue weighted by Gasteiger charge is -2.08. The molecule has 1 aromatic heterocycles. The van der Waals surface area contributed by atoms with Gasteiger partial charge in [-0.3, -0.25) is 0 Å². The molecule has 0 aliphatic heterocycles. The van der Waals surface area contributed by atoms with Gasteiger partial charge in [0.25, 0.3) is 0 Å². The number of hydrogen-bond donors (Lipinski definition) is 1. The molecule has 0 aliphatic carbocycles. The lowest BCUT2D eigenvalue weighted by molar-refractivity contribution is 0.277. The van der Waals surface area contributed by atoms with Crippen LogP contribution in [0.3, 0.4) is 0 Å². The number of unbranched alkanes of at least 4 members (excludes halogenated alkanes) is 1. The number of aromatic nitrogens is 2. The zero-order chi connectivity index (χ0) is 15.1. The number of nitrogen functional groups attached to an aromatic ring is 1. The van der Waals surface area contributed by atoms with Crippen LogP contribution in [0.2, 0.25) is 0 Å². The first-order valence-corrected chi connectivity index (χ1v) is 6.81. The third-order valence-electron chi connectivity index (χ3n) is 2.78. The van der Waals surface area contributed by atoms with Crippen molar-refractivity contribution in [3.63, 3.8) is 0 Å². The molecule has 0 fully saturated rings. The van der Waals surface area contributed by atoms with Crippen molar-refractivity contribution in [2.75, 3.05) is 12.3 Å². The molecule has 0 radical (unpaired) electrons. The minimum atomic E-state index is -0.659. The number of hydrogen-bond acceptors (Lipinski definition) is 5. The fourth-order valence-corrected chi connectivity index (χ4v) is 1.64. The molecule has 2 rings (SSSR count). The van der Waals surface area contributed by atoms with E-state index in [1.807, 2.05) is 24.3 Å². The first kappa shape index (κ1) is 15.0. The van der Waals surface area contributed by atoms with E-state index in [0.717, 1.165) is 30.4 Å². The van der Waals surface area contributed by atoms with Gasteiger partial charge in [0.05, 0.1) is 12.8 Å². The van der Waals surface area contributed by atoms with Crippen molar-refractivity contribution in [3.05, 3.63) is 41.8 Å². The predicted molar refractivity (Wildman–Crippen MR) is 77.6 cm³/mol. The van der Waals surface area contributed by atoms with Crippen molar-refractivity contribution in [3.8, 4) is 11.8 Å². The highest BCUT2D eigenvalue weighted by molar-refractivity contribution is 5.30. The van der Waals surface area contributed by atoms with Crippen LogP contribution in [0.4, 0.5) is 10.2 Å². The van der Waals surface area contributed by atoms with Gasteiger partial charge >= 0.3 is 6.01 Å². The summed E-state index contributed by atoms with van der Waals surface area (Å²) < 4.78 is 23.9. The maximum Gasteiger partial charge on any atom is 0.318 e. The Kier molecular flexibility index (Phi) is 5.31. The van der Waals surface area contributed by atoms with E-state index in [1.165, 1.54) is 0 Å².